The van der Waals surface area contributed by atoms with Gasteiger partial charge in [-0.05, 0) is 42.8 Å². The molecule has 1 saturated heterocycles. The first-order chi connectivity index (χ1) is 15.6. The van der Waals surface area contributed by atoms with Crippen LogP contribution in [0.5, 0.6) is 5.75 Å². The van der Waals surface area contributed by atoms with Crippen LogP contribution in [-0.2, 0) is 26.1 Å². The number of halogens is 2. The third-order valence-electron chi connectivity index (χ3n) is 5.70. The zero-order valence-electron chi connectivity index (χ0n) is 17.8. The van der Waals surface area contributed by atoms with Gasteiger partial charge < -0.3 is 19.9 Å². The van der Waals surface area contributed by atoms with E-state index in [-0.39, 0.29) is 31.1 Å². The summed E-state index contributed by atoms with van der Waals surface area (Å²) in [6, 6.07) is 7.95. The van der Waals surface area contributed by atoms with Gasteiger partial charge in [-0.1, -0.05) is 0 Å². The molecule has 4 atom stereocenters. The molecular formula is C22H24F2N2O6S. The number of fused-ring (bicyclic) bond motifs is 3. The number of benzene rings is 2. The molecule has 1 amide bonds. The lowest BCUT2D eigenvalue weighted by molar-refractivity contribution is -0.142. The average molecular weight is 483 g/mol. The monoisotopic (exact) mass is 482 g/mol. The highest BCUT2D eigenvalue weighted by atomic mass is 32.2. The lowest BCUT2D eigenvalue weighted by Crippen LogP contribution is -2.47. The summed E-state index contributed by atoms with van der Waals surface area (Å²) in [5.74, 6) is -1.28. The number of carbonyl (C=O) groups is 1. The van der Waals surface area contributed by atoms with Crippen LogP contribution in [0.1, 0.15) is 29.9 Å². The molecule has 0 bridgehead atoms. The van der Waals surface area contributed by atoms with Gasteiger partial charge in [0.2, 0.25) is 15.9 Å². The van der Waals surface area contributed by atoms with Crippen molar-refractivity contribution in [2.24, 2.45) is 0 Å². The maximum atomic E-state index is 13.8. The van der Waals surface area contributed by atoms with Crippen LogP contribution in [0.15, 0.2) is 36.4 Å². The van der Waals surface area contributed by atoms with Crippen LogP contribution in [0.4, 0.5) is 14.5 Å². The number of sulfonamides is 1. The molecule has 11 heteroatoms. The number of aliphatic hydroxyl groups excluding tert-OH is 1. The van der Waals surface area contributed by atoms with Crippen LogP contribution < -0.4 is 14.8 Å². The zero-order valence-corrected chi connectivity index (χ0v) is 18.6. The number of hydrogen-bond acceptors (Lipinski definition) is 6. The molecule has 33 heavy (non-hydrogen) atoms. The summed E-state index contributed by atoms with van der Waals surface area (Å²) in [5.41, 5.74) is 1.19. The first kappa shape index (κ1) is 23.4. The maximum Gasteiger partial charge on any atom is 0.229 e. The molecule has 8 nitrogen and oxygen atoms in total. The first-order valence-corrected chi connectivity index (χ1v) is 12.3. The van der Waals surface area contributed by atoms with E-state index in [2.05, 4.69) is 10.0 Å². The SMILES string of the molecule is CS(=O)(=O)Nc1ccc2c(c1)[C@H]1C[C@@H](CC(=O)NCc3cc(F)ccc3F)O[C@@H](CO)[C@H]1O2. The van der Waals surface area contributed by atoms with Gasteiger partial charge in [-0.15, -0.1) is 0 Å². The Bertz CT molecular complexity index is 1160. The molecule has 2 aliphatic heterocycles. The predicted octanol–water partition coefficient (Wildman–Crippen LogP) is 2.04. The lowest BCUT2D eigenvalue weighted by Gasteiger charge is -2.37. The summed E-state index contributed by atoms with van der Waals surface area (Å²) in [6.07, 6.45) is -0.298. The van der Waals surface area contributed by atoms with Crippen molar-refractivity contribution in [1.29, 1.82) is 0 Å². The van der Waals surface area contributed by atoms with E-state index in [0.717, 1.165) is 30.0 Å². The number of rotatable bonds is 7. The number of nitrogens with one attached hydrogen (secondary N) is 2. The number of ether oxygens (including phenoxy) is 2. The van der Waals surface area contributed by atoms with E-state index in [9.17, 15) is 27.1 Å². The molecule has 0 spiro atoms. The molecule has 0 unspecified atom stereocenters. The number of carbonyl (C=O) groups excluding carboxylic acids is 1. The topological polar surface area (TPSA) is 114 Å². The Kier molecular flexibility index (Phi) is 6.55. The van der Waals surface area contributed by atoms with E-state index in [0.29, 0.717) is 17.9 Å². The van der Waals surface area contributed by atoms with Crippen molar-refractivity contribution in [2.75, 3.05) is 17.6 Å². The summed E-state index contributed by atoms with van der Waals surface area (Å²) < 4.78 is 64.5. The second-order valence-corrected chi connectivity index (χ2v) is 10.00. The Hall–Kier alpha value is -2.76. The van der Waals surface area contributed by atoms with Crippen molar-refractivity contribution < 1.29 is 36.6 Å². The lowest BCUT2D eigenvalue weighted by atomic mass is 9.84. The number of anilines is 1. The number of amides is 1. The average Bonchev–Trinajstić information content (AvgIpc) is 3.10. The minimum atomic E-state index is -3.46. The molecule has 178 valence electrons. The van der Waals surface area contributed by atoms with Crippen LogP contribution in [0.2, 0.25) is 0 Å². The molecule has 1 fully saturated rings. The van der Waals surface area contributed by atoms with E-state index < -0.39 is 45.9 Å². The quantitative estimate of drug-likeness (QED) is 0.557. The van der Waals surface area contributed by atoms with Crippen LogP contribution in [0, 0.1) is 11.6 Å². The van der Waals surface area contributed by atoms with Gasteiger partial charge in [0, 0.05) is 29.3 Å². The van der Waals surface area contributed by atoms with E-state index >= 15 is 0 Å². The van der Waals surface area contributed by atoms with Crippen molar-refractivity contribution in [2.45, 2.75) is 43.6 Å². The van der Waals surface area contributed by atoms with E-state index in [1.165, 1.54) is 0 Å². The highest BCUT2D eigenvalue weighted by Crippen LogP contribution is 2.47. The highest BCUT2D eigenvalue weighted by molar-refractivity contribution is 7.92. The summed E-state index contributed by atoms with van der Waals surface area (Å²) in [7, 11) is -3.46. The summed E-state index contributed by atoms with van der Waals surface area (Å²) in [6.45, 7) is -0.493. The molecule has 0 radical (unpaired) electrons. The standard InChI is InChI=1S/C22H24F2N2O6S/c1-33(29,30)26-14-3-5-19-16(7-14)17-8-15(31-20(11-27)22(17)32-19)9-21(28)25-10-12-6-13(23)2-4-18(12)24/h2-7,15,17,20,22,26-27H,8-11H2,1H3,(H,25,28)/t15-,17+,20-,22-/m0/s1. The minimum absolute atomic E-state index is 0.0326. The van der Waals surface area contributed by atoms with Gasteiger partial charge in [0.1, 0.15) is 29.6 Å². The molecule has 0 aliphatic carbocycles. The third-order valence-corrected chi connectivity index (χ3v) is 6.31. The van der Waals surface area contributed by atoms with E-state index in [1.807, 2.05) is 0 Å². The predicted molar refractivity (Wildman–Crippen MR) is 115 cm³/mol. The van der Waals surface area contributed by atoms with Gasteiger partial charge in [-0.3, -0.25) is 9.52 Å². The van der Waals surface area contributed by atoms with Crippen LogP contribution in [-0.4, -0.2) is 50.6 Å². The fourth-order valence-corrected chi connectivity index (χ4v) is 4.87. The molecule has 0 saturated carbocycles. The largest absolute Gasteiger partial charge is 0.487 e. The smallest absolute Gasteiger partial charge is 0.229 e. The van der Waals surface area contributed by atoms with Crippen LogP contribution in [0.25, 0.3) is 0 Å². The van der Waals surface area contributed by atoms with Gasteiger partial charge in [-0.2, -0.15) is 0 Å². The summed E-state index contributed by atoms with van der Waals surface area (Å²) >= 11 is 0. The number of aliphatic hydroxyl groups is 1. The van der Waals surface area contributed by atoms with E-state index in [4.69, 9.17) is 9.47 Å². The Morgan fingerprint density at radius 1 is 1.21 bits per heavy atom. The van der Waals surface area contributed by atoms with Crippen molar-refractivity contribution >= 4 is 21.6 Å². The zero-order chi connectivity index (χ0) is 23.8. The Morgan fingerprint density at radius 2 is 2.00 bits per heavy atom. The molecule has 4 rings (SSSR count). The Balaban J connectivity index is 1.44. The third kappa shape index (κ3) is 5.43. The van der Waals surface area contributed by atoms with Crippen LogP contribution in [0.3, 0.4) is 0 Å². The summed E-state index contributed by atoms with van der Waals surface area (Å²) in [4.78, 5) is 12.4. The Morgan fingerprint density at radius 3 is 2.73 bits per heavy atom. The summed E-state index contributed by atoms with van der Waals surface area (Å²) in [5, 5.41) is 12.4. The van der Waals surface area contributed by atoms with Crippen LogP contribution >= 0.6 is 0 Å². The second kappa shape index (κ2) is 9.24. The molecular weight excluding hydrogens is 458 g/mol. The maximum absolute atomic E-state index is 13.8. The minimum Gasteiger partial charge on any atom is -0.487 e. The molecule has 0 aromatic heterocycles. The molecule has 2 aromatic carbocycles. The fraction of sp³-hybridized carbons (Fsp3) is 0.409. The van der Waals surface area contributed by atoms with E-state index in [1.54, 1.807) is 18.2 Å². The Labute approximate surface area is 190 Å². The van der Waals surface area contributed by atoms with Gasteiger partial charge in [-0.25, -0.2) is 17.2 Å². The normalized spacial score (nSPS) is 23.9. The van der Waals surface area contributed by atoms with Gasteiger partial charge in [0.05, 0.1) is 25.4 Å². The molecule has 2 aromatic rings. The van der Waals surface area contributed by atoms with Crippen molar-refractivity contribution in [3.63, 3.8) is 0 Å². The van der Waals surface area contributed by atoms with Gasteiger partial charge in [0.15, 0.2) is 0 Å². The van der Waals surface area contributed by atoms with Gasteiger partial charge in [0.25, 0.3) is 0 Å². The van der Waals surface area contributed by atoms with Crippen molar-refractivity contribution in [3.05, 3.63) is 59.2 Å². The molecule has 3 N–H and O–H groups in total. The number of hydrogen-bond donors (Lipinski definition) is 3. The highest BCUT2D eigenvalue weighted by Gasteiger charge is 2.46. The fourth-order valence-electron chi connectivity index (χ4n) is 4.32. The molecule has 2 aliphatic rings. The van der Waals surface area contributed by atoms with Crippen molar-refractivity contribution in [1.82, 2.24) is 5.32 Å². The van der Waals surface area contributed by atoms with Gasteiger partial charge >= 0.3 is 0 Å². The second-order valence-electron chi connectivity index (χ2n) is 8.25. The first-order valence-electron chi connectivity index (χ1n) is 10.4. The molecule has 2 heterocycles. The van der Waals surface area contributed by atoms with Crippen molar-refractivity contribution in [3.8, 4) is 5.75 Å².